The smallest absolute Gasteiger partial charge is 0.254 e. The lowest BCUT2D eigenvalue weighted by molar-refractivity contribution is 0.0561. The number of hydrogen-bond donors (Lipinski definition) is 0. The highest BCUT2D eigenvalue weighted by molar-refractivity contribution is 6.30. The second-order valence-electron chi connectivity index (χ2n) is 7.03. The van der Waals surface area contributed by atoms with Crippen molar-refractivity contribution < 1.29 is 9.32 Å². The van der Waals surface area contributed by atoms with Crippen LogP contribution in [-0.2, 0) is 6.42 Å². The van der Waals surface area contributed by atoms with Crippen molar-refractivity contribution in [3.8, 4) is 11.4 Å². The largest absolute Gasteiger partial charge is 0.337 e. The van der Waals surface area contributed by atoms with Gasteiger partial charge in [0.15, 0.2) is 0 Å². The number of rotatable bonds is 4. The summed E-state index contributed by atoms with van der Waals surface area (Å²) in [6.07, 6.45) is 3.77. The third-order valence-corrected chi connectivity index (χ3v) is 5.42. The predicted molar refractivity (Wildman–Crippen MR) is 108 cm³/mol. The van der Waals surface area contributed by atoms with Crippen LogP contribution in [0.3, 0.4) is 0 Å². The Morgan fingerprint density at radius 3 is 2.79 bits per heavy atom. The monoisotopic (exact) mass is 395 g/mol. The summed E-state index contributed by atoms with van der Waals surface area (Å²) in [6.45, 7) is 2.79. The van der Waals surface area contributed by atoms with Crippen molar-refractivity contribution in [2.75, 3.05) is 6.54 Å². The molecule has 28 heavy (non-hydrogen) atoms. The molecule has 1 unspecified atom stereocenters. The molecule has 144 valence electrons. The second kappa shape index (κ2) is 8.15. The molecule has 0 spiro atoms. The Hall–Kier alpha value is -2.66. The Balaban J connectivity index is 1.59. The number of piperidine rings is 1. The molecule has 1 aliphatic heterocycles. The van der Waals surface area contributed by atoms with Crippen LogP contribution >= 0.6 is 11.6 Å². The maximum absolute atomic E-state index is 13.1. The average Bonchev–Trinajstić information content (AvgIpc) is 3.23. The number of likely N-dealkylation sites (tertiary alicyclic amines) is 1. The molecule has 3 aromatic rings. The molecule has 1 amide bonds. The first-order chi connectivity index (χ1) is 13.7. The molecule has 1 aromatic heterocycles. The summed E-state index contributed by atoms with van der Waals surface area (Å²) in [5.74, 6) is 0.978. The Kier molecular flexibility index (Phi) is 5.44. The van der Waals surface area contributed by atoms with E-state index in [9.17, 15) is 4.79 Å². The summed E-state index contributed by atoms with van der Waals surface area (Å²) in [5.41, 5.74) is 2.71. The zero-order chi connectivity index (χ0) is 19.5. The van der Waals surface area contributed by atoms with Crippen LogP contribution in [0, 0.1) is 0 Å². The lowest BCUT2D eigenvalue weighted by Gasteiger charge is -2.33. The van der Waals surface area contributed by atoms with Crippen molar-refractivity contribution in [2.24, 2.45) is 0 Å². The molecule has 0 radical (unpaired) electrons. The number of hydrogen-bond acceptors (Lipinski definition) is 4. The summed E-state index contributed by atoms with van der Waals surface area (Å²) in [4.78, 5) is 19.6. The fraction of sp³-hybridized carbons (Fsp3) is 0.318. The van der Waals surface area contributed by atoms with E-state index in [1.807, 2.05) is 41.3 Å². The fourth-order valence-electron chi connectivity index (χ4n) is 3.60. The highest BCUT2D eigenvalue weighted by Gasteiger charge is 2.32. The minimum Gasteiger partial charge on any atom is -0.337 e. The molecule has 1 atom stereocenters. The van der Waals surface area contributed by atoms with Crippen molar-refractivity contribution in [3.63, 3.8) is 0 Å². The van der Waals surface area contributed by atoms with Crippen LogP contribution in [0.4, 0.5) is 0 Å². The van der Waals surface area contributed by atoms with Gasteiger partial charge >= 0.3 is 0 Å². The zero-order valence-electron chi connectivity index (χ0n) is 15.8. The van der Waals surface area contributed by atoms with Crippen LogP contribution in [0.5, 0.6) is 0 Å². The zero-order valence-corrected chi connectivity index (χ0v) is 16.5. The van der Waals surface area contributed by atoms with Gasteiger partial charge in [-0.05, 0) is 55.5 Å². The maximum atomic E-state index is 13.1. The van der Waals surface area contributed by atoms with Gasteiger partial charge in [0, 0.05) is 22.7 Å². The minimum absolute atomic E-state index is 0.00913. The number of carbonyl (C=O) groups excluding carboxylic acids is 1. The van der Waals surface area contributed by atoms with Gasteiger partial charge < -0.3 is 9.42 Å². The molecule has 1 fully saturated rings. The quantitative estimate of drug-likeness (QED) is 0.599. The Morgan fingerprint density at radius 2 is 2.04 bits per heavy atom. The van der Waals surface area contributed by atoms with Crippen LogP contribution in [0.15, 0.2) is 53.1 Å². The van der Waals surface area contributed by atoms with Gasteiger partial charge in [0.25, 0.3) is 5.91 Å². The molecule has 5 nitrogen and oxygen atoms in total. The van der Waals surface area contributed by atoms with Crippen molar-refractivity contribution in [1.82, 2.24) is 15.0 Å². The molecule has 2 aromatic carbocycles. The van der Waals surface area contributed by atoms with Crippen LogP contribution in [0.2, 0.25) is 5.02 Å². The van der Waals surface area contributed by atoms with Crippen molar-refractivity contribution in [1.29, 1.82) is 0 Å². The lowest BCUT2D eigenvalue weighted by atomic mass is 10.00. The van der Waals surface area contributed by atoms with E-state index in [1.54, 1.807) is 12.1 Å². The lowest BCUT2D eigenvalue weighted by Crippen LogP contribution is -2.38. The number of carbonyl (C=O) groups is 1. The van der Waals surface area contributed by atoms with E-state index in [2.05, 4.69) is 17.1 Å². The van der Waals surface area contributed by atoms with E-state index in [1.165, 1.54) is 5.56 Å². The summed E-state index contributed by atoms with van der Waals surface area (Å²) in [7, 11) is 0. The third-order valence-electron chi connectivity index (χ3n) is 5.18. The van der Waals surface area contributed by atoms with E-state index in [4.69, 9.17) is 16.1 Å². The van der Waals surface area contributed by atoms with Crippen LogP contribution in [-0.4, -0.2) is 27.5 Å². The Morgan fingerprint density at radius 1 is 1.21 bits per heavy atom. The number of nitrogens with zero attached hydrogens (tertiary/aromatic N) is 3. The van der Waals surface area contributed by atoms with Gasteiger partial charge in [-0.15, -0.1) is 0 Å². The van der Waals surface area contributed by atoms with Gasteiger partial charge in [0.05, 0.1) is 0 Å². The van der Waals surface area contributed by atoms with E-state index in [0.717, 1.165) is 31.2 Å². The first kappa shape index (κ1) is 18.7. The van der Waals surface area contributed by atoms with Crippen LogP contribution in [0.1, 0.15) is 54.0 Å². The van der Waals surface area contributed by atoms with Gasteiger partial charge in [0.2, 0.25) is 11.7 Å². The SMILES string of the molecule is CCc1ccc(C(=O)N2CCCCC2c2nc(-c3cccc(Cl)c3)no2)cc1. The molecule has 1 aliphatic rings. The van der Waals surface area contributed by atoms with Gasteiger partial charge in [-0.25, -0.2) is 0 Å². The summed E-state index contributed by atoms with van der Waals surface area (Å²) in [5, 5.41) is 4.73. The fourth-order valence-corrected chi connectivity index (χ4v) is 3.79. The maximum Gasteiger partial charge on any atom is 0.254 e. The molecule has 0 bridgehead atoms. The van der Waals surface area contributed by atoms with Gasteiger partial charge in [-0.2, -0.15) is 4.98 Å². The van der Waals surface area contributed by atoms with Crippen molar-refractivity contribution in [3.05, 3.63) is 70.6 Å². The number of aromatic nitrogens is 2. The summed E-state index contributed by atoms with van der Waals surface area (Å²) < 4.78 is 5.55. The average molecular weight is 396 g/mol. The van der Waals surface area contributed by atoms with Crippen molar-refractivity contribution >= 4 is 17.5 Å². The normalized spacial score (nSPS) is 16.9. The number of halogens is 1. The molecule has 2 heterocycles. The highest BCUT2D eigenvalue weighted by Crippen LogP contribution is 2.32. The van der Waals surface area contributed by atoms with Crippen molar-refractivity contribution in [2.45, 2.75) is 38.6 Å². The number of amides is 1. The first-order valence-corrected chi connectivity index (χ1v) is 10.0. The molecular weight excluding hydrogens is 374 g/mol. The minimum atomic E-state index is -0.201. The molecular formula is C22H22ClN3O2. The third kappa shape index (κ3) is 3.80. The second-order valence-corrected chi connectivity index (χ2v) is 7.46. The first-order valence-electron chi connectivity index (χ1n) is 9.65. The summed E-state index contributed by atoms with van der Waals surface area (Å²) in [6, 6.07) is 15.0. The van der Waals surface area contributed by atoms with Crippen LogP contribution < -0.4 is 0 Å². The Bertz CT molecular complexity index is 968. The van der Waals surface area contributed by atoms with E-state index >= 15 is 0 Å². The molecule has 4 rings (SSSR count). The van der Waals surface area contributed by atoms with Gasteiger partial charge in [-0.3, -0.25) is 4.79 Å². The summed E-state index contributed by atoms with van der Waals surface area (Å²) >= 11 is 6.07. The number of aryl methyl sites for hydroxylation is 1. The molecule has 0 aliphatic carbocycles. The molecule has 6 heteroatoms. The molecule has 0 saturated carbocycles. The van der Waals surface area contributed by atoms with Gasteiger partial charge in [-0.1, -0.05) is 47.9 Å². The standard InChI is InChI=1S/C22H22ClN3O2/c1-2-15-9-11-16(12-10-15)22(27)26-13-4-3-8-19(26)21-24-20(25-28-21)17-6-5-7-18(23)14-17/h5-7,9-12,14,19H,2-4,8,13H2,1H3. The molecule has 1 saturated heterocycles. The predicted octanol–water partition coefficient (Wildman–Crippen LogP) is 5.32. The highest BCUT2D eigenvalue weighted by atomic mass is 35.5. The van der Waals surface area contributed by atoms with Crippen LogP contribution in [0.25, 0.3) is 11.4 Å². The number of benzene rings is 2. The van der Waals surface area contributed by atoms with E-state index in [0.29, 0.717) is 28.8 Å². The van der Waals surface area contributed by atoms with Gasteiger partial charge in [0.1, 0.15) is 6.04 Å². The Labute approximate surface area is 169 Å². The topological polar surface area (TPSA) is 59.2 Å². The van der Waals surface area contributed by atoms with E-state index < -0.39 is 0 Å². The van der Waals surface area contributed by atoms with E-state index in [-0.39, 0.29) is 11.9 Å². The molecule has 0 N–H and O–H groups in total.